The van der Waals surface area contributed by atoms with E-state index in [1.807, 2.05) is 30.3 Å². The minimum absolute atomic E-state index is 0. The van der Waals surface area contributed by atoms with E-state index >= 15 is 0 Å². The Balaban J connectivity index is -0.0000000601. The molecule has 0 atom stereocenters. The van der Waals surface area contributed by atoms with E-state index in [1.165, 1.54) is 0 Å². The maximum Gasteiger partial charge on any atom is 4.00 e. The van der Waals surface area contributed by atoms with Gasteiger partial charge in [0.15, 0.2) is 0 Å². The zero-order valence-electron chi connectivity index (χ0n) is 9.10. The summed E-state index contributed by atoms with van der Waals surface area (Å²) in [6, 6.07) is 12.5. The van der Waals surface area contributed by atoms with Gasteiger partial charge in [-0.1, -0.05) is 4.32 Å². The molecular weight excluding hydrogens is 306 g/mol. The van der Waals surface area contributed by atoms with Crippen molar-refractivity contribution in [3.05, 3.63) is 50.2 Å². The van der Waals surface area contributed by atoms with Crippen molar-refractivity contribution in [2.45, 2.75) is 13.8 Å². The molecule has 84 valence electrons. The first-order valence-corrected chi connectivity index (χ1v) is 4.84. The van der Waals surface area contributed by atoms with Gasteiger partial charge in [-0.05, 0) is 0 Å². The Morgan fingerprint density at radius 3 is 1.47 bits per heavy atom. The second kappa shape index (κ2) is 29.2. The molecule has 1 rings (SSSR count). The molecule has 0 aliphatic rings. The average molecular weight is 323 g/mol. The second-order valence-electron chi connectivity index (χ2n) is 1.40. The number of hydrogen-bond donors (Lipinski definition) is 1. The van der Waals surface area contributed by atoms with E-state index in [-0.39, 0.29) is 25.4 Å². The van der Waals surface area contributed by atoms with Crippen LogP contribution < -0.4 is 5.73 Å². The van der Waals surface area contributed by atoms with Gasteiger partial charge in [0, 0.05) is 0 Å². The topological polar surface area (TPSA) is 26.0 Å². The third-order valence-electron chi connectivity index (χ3n) is 0.607. The summed E-state index contributed by atoms with van der Waals surface area (Å²) in [6.07, 6.45) is 0. The Labute approximate surface area is 120 Å². The summed E-state index contributed by atoms with van der Waals surface area (Å²) in [5, 5.41) is 0. The molecule has 1 aromatic rings. The van der Waals surface area contributed by atoms with E-state index in [1.54, 1.807) is 13.8 Å². The van der Waals surface area contributed by atoms with Crippen LogP contribution in [0.25, 0.3) is 0 Å². The van der Waals surface area contributed by atoms with E-state index in [2.05, 4.69) is 50.5 Å². The molecule has 0 saturated carbocycles. The van der Waals surface area contributed by atoms with Gasteiger partial charge in [-0.3, -0.25) is 0 Å². The van der Waals surface area contributed by atoms with Crippen LogP contribution in [0.15, 0.2) is 30.3 Å². The summed E-state index contributed by atoms with van der Waals surface area (Å²) >= 11 is 8.26. The summed E-state index contributed by atoms with van der Waals surface area (Å²) < 4.78 is 0.0833. The molecule has 0 unspecified atom stereocenters. The van der Waals surface area contributed by atoms with E-state index in [4.69, 9.17) is 0 Å². The fraction of sp³-hybridized carbons (Fsp3) is 0.182. The fourth-order valence-corrected chi connectivity index (χ4v) is 0.342. The third-order valence-corrected chi connectivity index (χ3v) is 0.607. The number of benzene rings is 1. The second-order valence-corrected chi connectivity index (χ2v) is 2.53. The quantitative estimate of drug-likeness (QED) is 0.344. The third kappa shape index (κ3) is 55.9. The molecule has 0 aliphatic carbocycles. The fourth-order valence-electron chi connectivity index (χ4n) is 0.342. The average Bonchev–Trinajstić information content (AvgIpc) is 2.25. The van der Waals surface area contributed by atoms with Crippen molar-refractivity contribution in [1.82, 2.24) is 0 Å². The molecule has 0 amide bonds. The Hall–Kier alpha value is 0.0183. The molecular formula is C11H17MoNS2. The molecule has 0 spiro atoms. The number of rotatable bonds is 0. The van der Waals surface area contributed by atoms with E-state index in [0.29, 0.717) is 0 Å². The number of thiocarbonyl (C=S) groups is 1. The number of hydrogen-bond acceptors (Lipinski definition) is 2. The zero-order valence-corrected chi connectivity index (χ0v) is 12.7. The van der Waals surface area contributed by atoms with Gasteiger partial charge in [-0.15, -0.1) is 0 Å². The maximum absolute atomic E-state index is 4.66. The predicted molar refractivity (Wildman–Crippen MR) is 71.5 cm³/mol. The van der Waals surface area contributed by atoms with Crippen LogP contribution >= 0.6 is 12.2 Å². The van der Waals surface area contributed by atoms with Gasteiger partial charge in [0.25, 0.3) is 0 Å². The Bertz CT molecular complexity index is 150. The monoisotopic (exact) mass is 325 g/mol. The van der Waals surface area contributed by atoms with Gasteiger partial charge >= 0.3 is 21.1 Å². The zero-order chi connectivity index (χ0) is 11.8. The van der Waals surface area contributed by atoms with Crippen LogP contribution in [0.3, 0.4) is 0 Å². The van der Waals surface area contributed by atoms with E-state index in [0.717, 1.165) is 0 Å². The van der Waals surface area contributed by atoms with E-state index in [9.17, 15) is 0 Å². The molecule has 0 aliphatic heterocycles. The first-order chi connectivity index (χ1) is 6.73. The molecule has 0 radical (unpaired) electrons. The Morgan fingerprint density at radius 2 is 1.40 bits per heavy atom. The van der Waals surface area contributed by atoms with Crippen LogP contribution in [0.5, 0.6) is 0 Å². The summed E-state index contributed by atoms with van der Waals surface area (Å²) in [5.74, 6) is 0. The normalized spacial score (nSPS) is 5.60. The minimum atomic E-state index is 0. The van der Waals surface area contributed by atoms with Gasteiger partial charge in [0.1, 0.15) is 0 Å². The van der Waals surface area contributed by atoms with Gasteiger partial charge in [0.2, 0.25) is 0 Å². The summed E-state index contributed by atoms with van der Waals surface area (Å²) in [6.45, 7) is 10.0. The van der Waals surface area contributed by atoms with Crippen LogP contribution in [0, 0.1) is 19.9 Å². The van der Waals surface area contributed by atoms with Crippen LogP contribution in [-0.2, 0) is 33.7 Å². The molecule has 1 nitrogen and oxygen atoms in total. The van der Waals surface area contributed by atoms with Gasteiger partial charge < -0.3 is 44.4 Å². The first-order valence-electron chi connectivity index (χ1n) is 4.02. The maximum atomic E-state index is 4.66. The molecule has 0 bridgehead atoms. The standard InChI is InChI=1S/C6H5.2C2H5.CH3NS2.Mo/c1-2-4-6-5-3-1;2*1-2;2-1(3)4;/h1-5H;2*1H2,2H3;(H3,2,3,4);/q3*-1;;+4/p-1. The van der Waals surface area contributed by atoms with Crippen molar-refractivity contribution in [1.29, 1.82) is 0 Å². The molecule has 0 heterocycles. The summed E-state index contributed by atoms with van der Waals surface area (Å²) in [4.78, 5) is 0. The molecule has 4 heteroatoms. The van der Waals surface area contributed by atoms with Crippen molar-refractivity contribution in [2.24, 2.45) is 5.73 Å². The van der Waals surface area contributed by atoms with E-state index < -0.39 is 0 Å². The van der Waals surface area contributed by atoms with Gasteiger partial charge in [-0.25, -0.2) is 0 Å². The number of nitrogens with two attached hydrogens (primary N) is 1. The van der Waals surface area contributed by atoms with Crippen molar-refractivity contribution in [3.8, 4) is 0 Å². The molecule has 0 saturated heterocycles. The minimum Gasteiger partial charge on any atom is -0.415 e. The SMILES string of the molecule is NC(=S)[S-].[CH2-]C.[CH2-]C.[Mo+4].[c-]1ccccc1. The van der Waals surface area contributed by atoms with Crippen molar-refractivity contribution in [2.75, 3.05) is 0 Å². The Kier molecular flexibility index (Phi) is 47.3. The van der Waals surface area contributed by atoms with Crippen molar-refractivity contribution >= 4 is 29.2 Å². The largest absolute Gasteiger partial charge is 4.00 e. The molecule has 1 aromatic carbocycles. The predicted octanol–water partition coefficient (Wildman–Crippen LogP) is 2.94. The van der Waals surface area contributed by atoms with Crippen molar-refractivity contribution < 1.29 is 21.1 Å². The van der Waals surface area contributed by atoms with Crippen LogP contribution in [0.4, 0.5) is 0 Å². The summed E-state index contributed by atoms with van der Waals surface area (Å²) in [5.41, 5.74) is 4.66. The Morgan fingerprint density at radius 1 is 1.13 bits per heavy atom. The molecule has 2 N–H and O–H groups in total. The van der Waals surface area contributed by atoms with Crippen LogP contribution in [0.2, 0.25) is 0 Å². The van der Waals surface area contributed by atoms with Crippen molar-refractivity contribution in [3.63, 3.8) is 0 Å². The molecule has 15 heavy (non-hydrogen) atoms. The van der Waals surface area contributed by atoms with Gasteiger partial charge in [0.05, 0.1) is 0 Å². The van der Waals surface area contributed by atoms with Crippen LogP contribution in [0.1, 0.15) is 13.8 Å². The van der Waals surface area contributed by atoms with Gasteiger partial charge in [-0.2, -0.15) is 50.2 Å². The molecule has 0 fully saturated rings. The summed E-state index contributed by atoms with van der Waals surface area (Å²) in [7, 11) is 0. The molecule has 0 aromatic heterocycles. The first kappa shape index (κ1) is 24.3. The smallest absolute Gasteiger partial charge is 0.415 e. The van der Waals surface area contributed by atoms with Crippen LogP contribution in [-0.4, -0.2) is 4.32 Å².